The van der Waals surface area contributed by atoms with Crippen LogP contribution in [0.4, 0.5) is 0 Å². The zero-order chi connectivity index (χ0) is 12.8. The van der Waals surface area contributed by atoms with E-state index in [2.05, 4.69) is 27.4 Å². The van der Waals surface area contributed by atoms with Gasteiger partial charge < -0.3 is 19.1 Å². The van der Waals surface area contributed by atoms with Crippen molar-refractivity contribution in [2.24, 2.45) is 0 Å². The minimum Gasteiger partial charge on any atom is -0.377 e. The molecule has 0 radical (unpaired) electrons. The van der Waals surface area contributed by atoms with Gasteiger partial charge in [0.1, 0.15) is 6.61 Å². The molecule has 7 nitrogen and oxygen atoms in total. The van der Waals surface area contributed by atoms with E-state index in [1.807, 2.05) is 10.8 Å². The normalized spacial score (nSPS) is 12.8. The maximum Gasteiger partial charge on any atom is 0.240 e. The van der Waals surface area contributed by atoms with E-state index in [9.17, 15) is 0 Å². The van der Waals surface area contributed by atoms with Crippen molar-refractivity contribution in [1.82, 2.24) is 25.0 Å². The molecule has 1 N–H and O–H groups in total. The topological polar surface area (TPSA) is 78.0 Å². The first-order valence-electron chi connectivity index (χ1n) is 5.77. The Balaban J connectivity index is 1.76. The van der Waals surface area contributed by atoms with Crippen molar-refractivity contribution in [3.05, 3.63) is 30.4 Å². The minimum atomic E-state index is 0.289. The quantitative estimate of drug-likeness (QED) is 0.776. The van der Waals surface area contributed by atoms with Gasteiger partial charge in [0.2, 0.25) is 5.89 Å². The van der Waals surface area contributed by atoms with Crippen molar-refractivity contribution in [1.29, 1.82) is 0 Å². The lowest BCUT2D eigenvalue weighted by molar-refractivity contribution is 0.174. The highest BCUT2D eigenvalue weighted by Crippen LogP contribution is 1.99. The van der Waals surface area contributed by atoms with Crippen LogP contribution in [0.2, 0.25) is 0 Å². The largest absolute Gasteiger partial charge is 0.377 e. The van der Waals surface area contributed by atoms with Gasteiger partial charge >= 0.3 is 0 Å². The highest BCUT2D eigenvalue weighted by atomic mass is 16.5. The van der Waals surface area contributed by atoms with E-state index < -0.39 is 0 Å². The van der Waals surface area contributed by atoms with E-state index in [0.717, 1.165) is 6.54 Å². The molecule has 0 bridgehead atoms. The maximum atomic E-state index is 5.08. The lowest BCUT2D eigenvalue weighted by atomic mass is 10.3. The summed E-state index contributed by atoms with van der Waals surface area (Å²) < 4.78 is 12.0. The molecule has 0 aliphatic rings. The smallest absolute Gasteiger partial charge is 0.240 e. The summed E-state index contributed by atoms with van der Waals surface area (Å²) in [6.45, 7) is 3.85. The molecule has 0 amide bonds. The summed E-state index contributed by atoms with van der Waals surface area (Å²) in [4.78, 5) is 8.18. The Labute approximate surface area is 105 Å². The lowest BCUT2D eigenvalue weighted by Gasteiger charge is -2.12. The zero-order valence-corrected chi connectivity index (χ0v) is 10.5. The van der Waals surface area contributed by atoms with E-state index in [-0.39, 0.29) is 6.04 Å². The highest BCUT2D eigenvalue weighted by Gasteiger charge is 2.08. The van der Waals surface area contributed by atoms with Crippen LogP contribution in [0.5, 0.6) is 0 Å². The summed E-state index contributed by atoms with van der Waals surface area (Å²) in [5.74, 6) is 1.14. The SMILES string of the molecule is COCc1noc(CN[C@H](C)Cn2ccnc2)n1. The number of nitrogens with zero attached hydrogens (tertiary/aromatic N) is 4. The Hall–Kier alpha value is -1.73. The molecule has 98 valence electrons. The number of aromatic nitrogens is 4. The summed E-state index contributed by atoms with van der Waals surface area (Å²) >= 11 is 0. The fraction of sp³-hybridized carbons (Fsp3) is 0.545. The average molecular weight is 251 g/mol. The summed E-state index contributed by atoms with van der Waals surface area (Å²) in [5.41, 5.74) is 0. The Morgan fingerprint density at radius 2 is 2.44 bits per heavy atom. The Kier molecular flexibility index (Phi) is 4.43. The van der Waals surface area contributed by atoms with Crippen LogP contribution in [-0.4, -0.2) is 32.8 Å². The average Bonchev–Trinajstić information content (AvgIpc) is 2.99. The molecule has 0 fully saturated rings. The van der Waals surface area contributed by atoms with Gasteiger partial charge in [-0.15, -0.1) is 0 Å². The molecule has 2 rings (SSSR count). The standard InChI is InChI=1S/C11H17N5O2/c1-9(6-16-4-3-12-8-16)13-5-11-14-10(7-17-2)15-18-11/h3-4,8-9,13H,5-7H2,1-2H3/t9-/m1/s1. The molecule has 2 heterocycles. The second kappa shape index (κ2) is 6.27. The molecule has 2 aromatic heterocycles. The second-order valence-electron chi connectivity index (χ2n) is 4.08. The van der Waals surface area contributed by atoms with Crippen molar-refractivity contribution in [3.8, 4) is 0 Å². The lowest BCUT2D eigenvalue weighted by Crippen LogP contribution is -2.29. The van der Waals surface area contributed by atoms with Gasteiger partial charge in [-0.1, -0.05) is 5.16 Å². The van der Waals surface area contributed by atoms with Gasteiger partial charge in [-0.05, 0) is 6.92 Å². The van der Waals surface area contributed by atoms with Crippen LogP contribution in [0, 0.1) is 0 Å². The molecule has 0 saturated heterocycles. The minimum absolute atomic E-state index is 0.289. The molecule has 2 aromatic rings. The van der Waals surface area contributed by atoms with Gasteiger partial charge in [0, 0.05) is 32.1 Å². The number of hydrogen-bond donors (Lipinski definition) is 1. The number of rotatable bonds is 7. The van der Waals surface area contributed by atoms with Crippen molar-refractivity contribution in [3.63, 3.8) is 0 Å². The predicted molar refractivity (Wildman–Crippen MR) is 63.5 cm³/mol. The number of methoxy groups -OCH3 is 1. The van der Waals surface area contributed by atoms with Crippen LogP contribution in [0.25, 0.3) is 0 Å². The molecule has 0 aliphatic carbocycles. The van der Waals surface area contributed by atoms with E-state index in [1.165, 1.54) is 0 Å². The number of ether oxygens (including phenoxy) is 1. The molecule has 0 aliphatic heterocycles. The molecule has 0 unspecified atom stereocenters. The number of imidazole rings is 1. The second-order valence-corrected chi connectivity index (χ2v) is 4.08. The van der Waals surface area contributed by atoms with Crippen LogP contribution in [-0.2, 0) is 24.4 Å². The van der Waals surface area contributed by atoms with E-state index in [4.69, 9.17) is 9.26 Å². The molecule has 0 spiro atoms. The van der Waals surface area contributed by atoms with Crippen molar-refractivity contribution >= 4 is 0 Å². The first kappa shape index (κ1) is 12.7. The summed E-state index contributed by atoms with van der Waals surface area (Å²) in [6.07, 6.45) is 5.49. The van der Waals surface area contributed by atoms with Crippen LogP contribution < -0.4 is 5.32 Å². The molecule has 18 heavy (non-hydrogen) atoms. The third-order valence-corrected chi connectivity index (χ3v) is 2.43. The highest BCUT2D eigenvalue weighted by molar-refractivity contribution is 4.85. The third-order valence-electron chi connectivity index (χ3n) is 2.43. The van der Waals surface area contributed by atoms with Gasteiger partial charge in [0.15, 0.2) is 5.82 Å². The first-order valence-corrected chi connectivity index (χ1v) is 5.77. The van der Waals surface area contributed by atoms with Gasteiger partial charge in [-0.25, -0.2) is 4.98 Å². The van der Waals surface area contributed by atoms with Crippen LogP contribution in [0.3, 0.4) is 0 Å². The molecule has 0 saturated carbocycles. The predicted octanol–water partition coefficient (Wildman–Crippen LogP) is 0.591. The van der Waals surface area contributed by atoms with Crippen LogP contribution in [0.1, 0.15) is 18.6 Å². The Morgan fingerprint density at radius 3 is 3.17 bits per heavy atom. The number of hydrogen-bond acceptors (Lipinski definition) is 6. The molecule has 0 aromatic carbocycles. The maximum absolute atomic E-state index is 5.08. The summed E-state index contributed by atoms with van der Waals surface area (Å²) in [5, 5.41) is 7.10. The van der Waals surface area contributed by atoms with E-state index in [0.29, 0.717) is 24.9 Å². The molecular formula is C11H17N5O2. The van der Waals surface area contributed by atoms with E-state index in [1.54, 1.807) is 19.6 Å². The Bertz CT molecular complexity index is 454. The molecule has 1 atom stereocenters. The fourth-order valence-electron chi connectivity index (χ4n) is 1.59. The molecular weight excluding hydrogens is 234 g/mol. The van der Waals surface area contributed by atoms with Gasteiger partial charge in [0.05, 0.1) is 12.9 Å². The molecule has 7 heteroatoms. The Morgan fingerprint density at radius 1 is 1.56 bits per heavy atom. The number of nitrogens with one attached hydrogen (secondary N) is 1. The van der Waals surface area contributed by atoms with Crippen LogP contribution in [0.15, 0.2) is 23.2 Å². The van der Waals surface area contributed by atoms with Crippen molar-refractivity contribution in [2.45, 2.75) is 32.7 Å². The van der Waals surface area contributed by atoms with Crippen molar-refractivity contribution < 1.29 is 9.26 Å². The summed E-state index contributed by atoms with van der Waals surface area (Å²) in [6, 6.07) is 0.289. The monoisotopic (exact) mass is 251 g/mol. The van der Waals surface area contributed by atoms with E-state index >= 15 is 0 Å². The zero-order valence-electron chi connectivity index (χ0n) is 10.5. The van der Waals surface area contributed by atoms with Gasteiger partial charge in [-0.3, -0.25) is 0 Å². The first-order chi connectivity index (χ1) is 8.78. The fourth-order valence-corrected chi connectivity index (χ4v) is 1.59. The third kappa shape index (κ3) is 3.64. The van der Waals surface area contributed by atoms with Crippen molar-refractivity contribution in [2.75, 3.05) is 7.11 Å². The van der Waals surface area contributed by atoms with Crippen LogP contribution >= 0.6 is 0 Å². The van der Waals surface area contributed by atoms with Gasteiger partial charge in [-0.2, -0.15) is 4.98 Å². The van der Waals surface area contributed by atoms with Gasteiger partial charge in [0.25, 0.3) is 0 Å². The summed E-state index contributed by atoms with van der Waals surface area (Å²) in [7, 11) is 1.60.